The lowest BCUT2D eigenvalue weighted by Crippen LogP contribution is -1.93. The van der Waals surface area contributed by atoms with Crippen LogP contribution in [0.4, 0.5) is 11.4 Å². The Morgan fingerprint density at radius 3 is 2.70 bits per heavy atom. The van der Waals surface area contributed by atoms with Gasteiger partial charge in [-0.05, 0) is 42.5 Å². The molecule has 0 atom stereocenters. The van der Waals surface area contributed by atoms with E-state index in [1.54, 1.807) is 6.20 Å². The van der Waals surface area contributed by atoms with Crippen LogP contribution in [-0.4, -0.2) is 20.2 Å². The predicted octanol–water partition coefficient (Wildman–Crippen LogP) is 5.34. The number of aromatic amines is 1. The first-order valence-electron chi connectivity index (χ1n) is 8.37. The van der Waals surface area contributed by atoms with E-state index in [1.807, 2.05) is 48.8 Å². The maximum atomic E-state index is 4.53. The molecule has 0 saturated carbocycles. The molecule has 0 spiro atoms. The van der Waals surface area contributed by atoms with Gasteiger partial charge in [-0.3, -0.25) is 15.1 Å². The minimum Gasteiger partial charge on any atom is -0.355 e. The number of pyridine rings is 2. The van der Waals surface area contributed by atoms with Crippen molar-refractivity contribution in [3.05, 3.63) is 79.3 Å². The molecule has 5 aromatic rings. The van der Waals surface area contributed by atoms with Crippen molar-refractivity contribution in [3.8, 4) is 11.3 Å². The van der Waals surface area contributed by atoms with Gasteiger partial charge in [0.2, 0.25) is 0 Å². The first kappa shape index (κ1) is 17.0. The van der Waals surface area contributed by atoms with Crippen LogP contribution >= 0.6 is 12.4 Å². The lowest BCUT2D eigenvalue weighted by Gasteiger charge is -2.10. The minimum atomic E-state index is 0. The van der Waals surface area contributed by atoms with Crippen LogP contribution in [0.25, 0.3) is 33.1 Å². The highest BCUT2D eigenvalue weighted by molar-refractivity contribution is 5.95. The number of anilines is 2. The number of rotatable bonds is 3. The van der Waals surface area contributed by atoms with E-state index in [9.17, 15) is 0 Å². The number of hydrogen-bond acceptors (Lipinski definition) is 4. The van der Waals surface area contributed by atoms with Crippen molar-refractivity contribution in [2.75, 3.05) is 5.32 Å². The van der Waals surface area contributed by atoms with Crippen LogP contribution in [-0.2, 0) is 0 Å². The monoisotopic (exact) mass is 373 g/mol. The molecule has 27 heavy (non-hydrogen) atoms. The predicted molar refractivity (Wildman–Crippen MR) is 112 cm³/mol. The van der Waals surface area contributed by atoms with Gasteiger partial charge in [-0.1, -0.05) is 18.2 Å². The fraction of sp³-hybridized carbons (Fsp3) is 0. The molecule has 0 aliphatic rings. The summed E-state index contributed by atoms with van der Waals surface area (Å²) in [4.78, 5) is 8.95. The van der Waals surface area contributed by atoms with Gasteiger partial charge in [0, 0.05) is 40.1 Å². The second-order valence-corrected chi connectivity index (χ2v) is 6.10. The molecule has 0 aliphatic carbocycles. The smallest absolute Gasteiger partial charge is 0.0729 e. The van der Waals surface area contributed by atoms with Crippen LogP contribution in [0.1, 0.15) is 0 Å². The number of benzene rings is 2. The molecule has 3 aromatic heterocycles. The van der Waals surface area contributed by atoms with Gasteiger partial charge in [-0.15, -0.1) is 12.4 Å². The molecule has 2 N–H and O–H groups in total. The van der Waals surface area contributed by atoms with Gasteiger partial charge in [0.05, 0.1) is 22.9 Å². The van der Waals surface area contributed by atoms with Crippen molar-refractivity contribution >= 4 is 45.6 Å². The SMILES string of the molecule is Cl.c1ccc(-c2ccc3c(Nc4ccc5[nH]ncc5c4)ccnc3c2)nc1. The summed E-state index contributed by atoms with van der Waals surface area (Å²) >= 11 is 0. The number of nitrogens with one attached hydrogen (secondary N) is 2. The van der Waals surface area contributed by atoms with Gasteiger partial charge < -0.3 is 5.32 Å². The normalized spacial score (nSPS) is 10.7. The van der Waals surface area contributed by atoms with Gasteiger partial charge in [-0.25, -0.2) is 0 Å². The van der Waals surface area contributed by atoms with Crippen molar-refractivity contribution in [3.63, 3.8) is 0 Å². The van der Waals surface area contributed by atoms with Crippen molar-refractivity contribution < 1.29 is 0 Å². The second kappa shape index (κ2) is 7.05. The number of halogens is 1. The Morgan fingerprint density at radius 2 is 1.81 bits per heavy atom. The van der Waals surface area contributed by atoms with Crippen molar-refractivity contribution in [1.29, 1.82) is 0 Å². The third kappa shape index (κ3) is 3.20. The Morgan fingerprint density at radius 1 is 0.852 bits per heavy atom. The quantitative estimate of drug-likeness (QED) is 0.448. The average molecular weight is 374 g/mol. The van der Waals surface area contributed by atoms with Gasteiger partial charge in [-0.2, -0.15) is 5.10 Å². The molecule has 5 rings (SSSR count). The zero-order chi connectivity index (χ0) is 17.3. The Kier molecular flexibility index (Phi) is 4.44. The van der Waals surface area contributed by atoms with Crippen molar-refractivity contribution in [1.82, 2.24) is 20.2 Å². The van der Waals surface area contributed by atoms with Crippen LogP contribution in [0.3, 0.4) is 0 Å². The van der Waals surface area contributed by atoms with E-state index in [4.69, 9.17) is 0 Å². The Bertz CT molecular complexity index is 1220. The summed E-state index contributed by atoms with van der Waals surface area (Å²) in [6, 6.07) is 20.3. The number of fused-ring (bicyclic) bond motifs is 2. The summed E-state index contributed by atoms with van der Waals surface area (Å²) in [5, 5.41) is 12.7. The van der Waals surface area contributed by atoms with Gasteiger partial charge in [0.15, 0.2) is 0 Å². The molecule has 132 valence electrons. The highest BCUT2D eigenvalue weighted by atomic mass is 35.5. The van der Waals surface area contributed by atoms with E-state index < -0.39 is 0 Å². The largest absolute Gasteiger partial charge is 0.355 e. The van der Waals surface area contributed by atoms with Gasteiger partial charge >= 0.3 is 0 Å². The standard InChI is InChI=1S/C21H15N5.ClH/c1-2-9-22-18(3-1)14-4-6-17-20(8-10-23-21(17)12-14)25-16-5-7-19-15(11-16)13-24-26-19;/h1-13H,(H,23,25)(H,24,26);1H. The molecular weight excluding hydrogens is 358 g/mol. The first-order valence-corrected chi connectivity index (χ1v) is 8.37. The molecule has 0 bridgehead atoms. The zero-order valence-electron chi connectivity index (χ0n) is 14.3. The minimum absolute atomic E-state index is 0. The van der Waals surface area contributed by atoms with Crippen LogP contribution in [0.5, 0.6) is 0 Å². The van der Waals surface area contributed by atoms with Gasteiger partial charge in [0.25, 0.3) is 0 Å². The molecule has 6 heteroatoms. The summed E-state index contributed by atoms with van der Waals surface area (Å²) in [5.41, 5.74) is 5.99. The third-order valence-corrected chi connectivity index (χ3v) is 4.42. The second-order valence-electron chi connectivity index (χ2n) is 6.10. The van der Waals surface area contributed by atoms with Crippen LogP contribution in [0, 0.1) is 0 Å². The molecule has 0 radical (unpaired) electrons. The Balaban J connectivity index is 0.00000180. The van der Waals surface area contributed by atoms with Crippen LogP contribution < -0.4 is 5.32 Å². The van der Waals surface area contributed by atoms with E-state index in [1.165, 1.54) is 0 Å². The summed E-state index contributed by atoms with van der Waals surface area (Å²) < 4.78 is 0. The highest BCUT2D eigenvalue weighted by Crippen LogP contribution is 2.29. The average Bonchev–Trinajstić information content (AvgIpc) is 3.16. The molecule has 0 saturated heterocycles. The molecular formula is C21H16ClN5. The number of hydrogen-bond donors (Lipinski definition) is 2. The third-order valence-electron chi connectivity index (χ3n) is 4.42. The van der Waals surface area contributed by atoms with Crippen molar-refractivity contribution in [2.24, 2.45) is 0 Å². The fourth-order valence-corrected chi connectivity index (χ4v) is 3.13. The summed E-state index contributed by atoms with van der Waals surface area (Å²) in [6.07, 6.45) is 5.45. The summed E-state index contributed by atoms with van der Waals surface area (Å²) in [7, 11) is 0. The van der Waals surface area contributed by atoms with Crippen LogP contribution in [0.15, 0.2) is 79.3 Å². The van der Waals surface area contributed by atoms with E-state index in [2.05, 4.69) is 49.7 Å². The fourth-order valence-electron chi connectivity index (χ4n) is 3.13. The molecule has 0 amide bonds. The zero-order valence-corrected chi connectivity index (χ0v) is 15.1. The molecule has 5 nitrogen and oxygen atoms in total. The molecule has 0 aliphatic heterocycles. The van der Waals surface area contributed by atoms with E-state index >= 15 is 0 Å². The lowest BCUT2D eigenvalue weighted by molar-refractivity contribution is 1.12. The number of aromatic nitrogens is 4. The highest BCUT2D eigenvalue weighted by Gasteiger charge is 2.06. The molecule has 0 fully saturated rings. The summed E-state index contributed by atoms with van der Waals surface area (Å²) in [5.74, 6) is 0. The summed E-state index contributed by atoms with van der Waals surface area (Å²) in [6.45, 7) is 0. The van der Waals surface area contributed by atoms with Gasteiger partial charge in [0.1, 0.15) is 0 Å². The first-order chi connectivity index (χ1) is 12.9. The Labute approximate surface area is 161 Å². The maximum Gasteiger partial charge on any atom is 0.0729 e. The number of H-pyrrole nitrogens is 1. The van der Waals surface area contributed by atoms with E-state index in [0.717, 1.165) is 44.4 Å². The van der Waals surface area contributed by atoms with Crippen molar-refractivity contribution in [2.45, 2.75) is 0 Å². The maximum absolute atomic E-state index is 4.53. The topological polar surface area (TPSA) is 66.5 Å². The molecule has 0 unspecified atom stereocenters. The lowest BCUT2D eigenvalue weighted by atomic mass is 10.1. The number of nitrogens with zero attached hydrogens (tertiary/aromatic N) is 3. The van der Waals surface area contributed by atoms with E-state index in [-0.39, 0.29) is 12.4 Å². The molecule has 3 heterocycles. The van der Waals surface area contributed by atoms with Crippen LogP contribution in [0.2, 0.25) is 0 Å². The van der Waals surface area contributed by atoms with E-state index in [0.29, 0.717) is 0 Å². The Hall–Kier alpha value is -3.44. The molecule has 2 aromatic carbocycles.